The number of fused-ring (bicyclic) bond motifs is 11. The molecule has 0 spiro atoms. The second-order valence-corrected chi connectivity index (χ2v) is 19.0. The minimum absolute atomic E-state index is 0.612. The largest absolute Gasteiger partial charge is 0.309 e. The molecule has 69 heavy (non-hydrogen) atoms. The molecule has 5 nitrogen and oxygen atoms in total. The number of para-hydroxylation sites is 2. The zero-order chi connectivity index (χ0) is 45.2. The van der Waals surface area contributed by atoms with E-state index in [2.05, 4.69) is 234 Å². The van der Waals surface area contributed by atoms with Gasteiger partial charge in [0.05, 0.1) is 28.1 Å². The van der Waals surface area contributed by atoms with E-state index in [9.17, 15) is 0 Å². The number of nitrogens with zero attached hydrogens (tertiary/aromatic N) is 5. The molecule has 0 bridgehead atoms. The van der Waals surface area contributed by atoms with E-state index < -0.39 is 0 Å². The van der Waals surface area contributed by atoms with Crippen LogP contribution in [0.25, 0.3) is 125 Å². The zero-order valence-electron chi connectivity index (χ0n) is 37.0. The van der Waals surface area contributed by atoms with Gasteiger partial charge in [-0.15, -0.1) is 11.3 Å². The van der Waals surface area contributed by atoms with Crippen molar-refractivity contribution in [1.82, 2.24) is 19.5 Å². The minimum atomic E-state index is 0.612. The maximum absolute atomic E-state index is 5.50. The number of hydrogen-bond acceptors (Lipinski definition) is 5. The minimum Gasteiger partial charge on any atom is -0.309 e. The first-order valence-corrected chi connectivity index (χ1v) is 24.2. The first kappa shape index (κ1) is 38.2. The number of rotatable bonds is 5. The fourth-order valence-corrected chi connectivity index (χ4v) is 12.3. The Morgan fingerprint density at radius 2 is 1.00 bits per heavy atom. The van der Waals surface area contributed by atoms with Crippen molar-refractivity contribution in [1.29, 1.82) is 0 Å². The molecule has 6 heteroatoms. The third-order valence-electron chi connectivity index (χ3n) is 14.1. The second-order valence-electron chi connectivity index (χ2n) is 17.9. The van der Waals surface area contributed by atoms with Gasteiger partial charge in [0.2, 0.25) is 0 Å². The summed E-state index contributed by atoms with van der Waals surface area (Å²) < 4.78 is 4.74. The molecule has 0 radical (unpaired) electrons. The van der Waals surface area contributed by atoms with Crippen LogP contribution >= 0.6 is 11.3 Å². The van der Waals surface area contributed by atoms with Crippen molar-refractivity contribution in [3.05, 3.63) is 224 Å². The molecule has 0 atom stereocenters. The van der Waals surface area contributed by atoms with Gasteiger partial charge in [0.25, 0.3) is 0 Å². The molecular weight excluding hydrogens is 859 g/mol. The smallest absolute Gasteiger partial charge is 0.165 e. The fourth-order valence-electron chi connectivity index (χ4n) is 11.1. The summed E-state index contributed by atoms with van der Waals surface area (Å²) in [6.07, 6.45) is 0. The van der Waals surface area contributed by atoms with E-state index >= 15 is 0 Å². The predicted molar refractivity (Wildman–Crippen MR) is 290 cm³/mol. The molecule has 1 aliphatic heterocycles. The van der Waals surface area contributed by atoms with E-state index in [1.807, 2.05) is 0 Å². The van der Waals surface area contributed by atoms with Gasteiger partial charge < -0.3 is 9.47 Å². The van der Waals surface area contributed by atoms with Crippen molar-refractivity contribution < 1.29 is 0 Å². The van der Waals surface area contributed by atoms with Gasteiger partial charge in [0, 0.05) is 75.0 Å². The molecule has 4 heterocycles. The molecule has 0 N–H and O–H groups in total. The summed E-state index contributed by atoms with van der Waals surface area (Å²) in [6.45, 7) is 0. The van der Waals surface area contributed by atoms with Crippen molar-refractivity contribution in [3.8, 4) is 51.0 Å². The molecule has 0 unspecified atom stereocenters. The summed E-state index contributed by atoms with van der Waals surface area (Å²) in [5.74, 6) is 1.87. The molecule has 0 aliphatic carbocycles. The first-order chi connectivity index (χ1) is 34.2. The molecular formula is C63H37N5S. The summed E-state index contributed by atoms with van der Waals surface area (Å²) in [5, 5.41) is 11.8. The van der Waals surface area contributed by atoms with Crippen LogP contribution in [0.3, 0.4) is 0 Å². The lowest BCUT2D eigenvalue weighted by molar-refractivity contribution is 1.08. The van der Waals surface area contributed by atoms with Crippen molar-refractivity contribution >= 4 is 103 Å². The van der Waals surface area contributed by atoms with E-state index in [0.29, 0.717) is 17.5 Å². The third kappa shape index (κ3) is 5.73. The Bertz CT molecular complexity index is 4450. The summed E-state index contributed by atoms with van der Waals surface area (Å²) >= 11 is 1.79. The summed E-state index contributed by atoms with van der Waals surface area (Å²) in [5.41, 5.74) is 12.0. The van der Waals surface area contributed by atoms with Crippen molar-refractivity contribution in [3.63, 3.8) is 0 Å². The second kappa shape index (κ2) is 14.8. The highest BCUT2D eigenvalue weighted by Gasteiger charge is 2.30. The molecule has 15 rings (SSSR count). The number of anilines is 3. The lowest BCUT2D eigenvalue weighted by Crippen LogP contribution is -2.16. The molecule has 0 saturated carbocycles. The van der Waals surface area contributed by atoms with Gasteiger partial charge in [0.15, 0.2) is 17.5 Å². The highest BCUT2D eigenvalue weighted by atomic mass is 32.1. The van der Waals surface area contributed by atoms with E-state index in [-0.39, 0.29) is 0 Å². The average molecular weight is 896 g/mol. The molecule has 320 valence electrons. The van der Waals surface area contributed by atoms with Crippen LogP contribution < -0.4 is 4.90 Å². The van der Waals surface area contributed by atoms with Crippen molar-refractivity contribution in [2.45, 2.75) is 0 Å². The number of aromatic nitrogens is 4. The maximum Gasteiger partial charge on any atom is 0.165 e. The van der Waals surface area contributed by atoms with Crippen LogP contribution in [0.15, 0.2) is 224 Å². The maximum atomic E-state index is 5.50. The van der Waals surface area contributed by atoms with Gasteiger partial charge in [0.1, 0.15) is 0 Å². The van der Waals surface area contributed by atoms with Gasteiger partial charge in [-0.1, -0.05) is 158 Å². The number of benzene rings is 11. The van der Waals surface area contributed by atoms with Crippen molar-refractivity contribution in [2.24, 2.45) is 0 Å². The summed E-state index contributed by atoms with van der Waals surface area (Å²) in [6, 6.07) is 81.0. The predicted octanol–water partition coefficient (Wildman–Crippen LogP) is 17.2. The Balaban J connectivity index is 1.01. The molecule has 1 aliphatic rings. The van der Waals surface area contributed by atoms with Crippen LogP contribution in [0, 0.1) is 0 Å². The Labute approximate surface area is 400 Å². The van der Waals surface area contributed by atoms with Crippen molar-refractivity contribution in [2.75, 3.05) is 4.90 Å². The number of thiophene rings is 1. The zero-order valence-corrected chi connectivity index (χ0v) is 37.8. The van der Waals surface area contributed by atoms with Gasteiger partial charge in [-0.25, -0.2) is 15.0 Å². The topological polar surface area (TPSA) is 46.8 Å². The van der Waals surface area contributed by atoms with E-state index in [0.717, 1.165) is 71.3 Å². The van der Waals surface area contributed by atoms with Crippen LogP contribution in [0.5, 0.6) is 0 Å². The molecule has 11 aromatic carbocycles. The van der Waals surface area contributed by atoms with Crippen LogP contribution in [0.2, 0.25) is 0 Å². The number of hydrogen-bond donors (Lipinski definition) is 0. The Kier molecular flexibility index (Phi) is 8.17. The monoisotopic (exact) mass is 895 g/mol. The molecule has 3 aromatic heterocycles. The van der Waals surface area contributed by atoms with E-state index in [1.54, 1.807) is 11.3 Å². The van der Waals surface area contributed by atoms with Gasteiger partial charge in [-0.05, 0) is 88.5 Å². The first-order valence-electron chi connectivity index (χ1n) is 23.3. The van der Waals surface area contributed by atoms with Crippen LogP contribution in [-0.2, 0) is 0 Å². The van der Waals surface area contributed by atoms with Gasteiger partial charge in [-0.2, -0.15) is 0 Å². The SMILES string of the molecule is c1ccc(-n2c3ccccc3c3cc(-c4nc(-c5cc(N6c7c(ccc8ccccc78)-c7cccc8cccc6c78)c6ccccc6c5)nc(-c5cccc6c5sc5ccccc56)n4)ccc32)cc1. The van der Waals surface area contributed by atoms with Gasteiger partial charge in [-0.3, -0.25) is 0 Å². The van der Waals surface area contributed by atoms with Crippen LogP contribution in [0.4, 0.5) is 17.1 Å². The molecule has 0 fully saturated rings. The lowest BCUT2D eigenvalue weighted by Gasteiger charge is -2.35. The highest BCUT2D eigenvalue weighted by Crippen LogP contribution is 2.55. The standard InChI is InChI=1S/C63H37N5S/c1-2-19-43(20-3-1)67-53-28-10-8-23-46(53)52-36-41(32-34-54(52)67)61-64-62(66-63(65-61)51-27-14-26-50-47-24-9-11-30-57(47)69-60(50)51)42-35-40-16-5-6-21-44(40)56(37-42)68-55-29-13-18-39-17-12-25-48(58(39)55)49-33-31-38-15-4-7-22-45(38)59(49)68/h1-37H. The Morgan fingerprint density at radius 1 is 0.348 bits per heavy atom. The summed E-state index contributed by atoms with van der Waals surface area (Å²) in [4.78, 5) is 18.9. The Hall–Kier alpha value is -8.97. The lowest BCUT2D eigenvalue weighted by atomic mass is 9.88. The van der Waals surface area contributed by atoms with Crippen LogP contribution in [0.1, 0.15) is 0 Å². The average Bonchev–Trinajstić information content (AvgIpc) is 3.97. The van der Waals surface area contributed by atoms with Gasteiger partial charge >= 0.3 is 0 Å². The normalized spacial score (nSPS) is 12.3. The van der Waals surface area contributed by atoms with E-state index in [1.165, 1.54) is 53.5 Å². The van der Waals surface area contributed by atoms with Crippen LogP contribution in [-0.4, -0.2) is 19.5 Å². The fraction of sp³-hybridized carbons (Fsp3) is 0. The quantitative estimate of drug-likeness (QED) is 0.173. The molecule has 14 aromatic rings. The van der Waals surface area contributed by atoms with E-state index in [4.69, 9.17) is 15.0 Å². The Morgan fingerprint density at radius 3 is 1.88 bits per heavy atom. The summed E-state index contributed by atoms with van der Waals surface area (Å²) in [7, 11) is 0. The highest BCUT2D eigenvalue weighted by molar-refractivity contribution is 7.26. The molecule has 0 saturated heterocycles. The molecule has 0 amide bonds. The third-order valence-corrected chi connectivity index (χ3v) is 15.3.